The van der Waals surface area contributed by atoms with Gasteiger partial charge < -0.3 is 20.1 Å². The van der Waals surface area contributed by atoms with Gasteiger partial charge in [0.05, 0.1) is 13.1 Å². The Kier molecular flexibility index (Phi) is 6.95. The number of aryl methyl sites for hydroxylation is 3. The van der Waals surface area contributed by atoms with Crippen LogP contribution in [-0.2, 0) is 16.1 Å². The van der Waals surface area contributed by atoms with Crippen LogP contribution in [-0.4, -0.2) is 43.1 Å². The number of nitrogens with one attached hydrogen (secondary N) is 2. The number of hydrogen-bond donors (Lipinski definition) is 2. The Labute approximate surface area is 177 Å². The molecule has 1 aliphatic rings. The van der Waals surface area contributed by atoms with E-state index in [2.05, 4.69) is 10.6 Å². The Morgan fingerprint density at radius 1 is 1.00 bits per heavy atom. The van der Waals surface area contributed by atoms with Crippen LogP contribution in [0.15, 0.2) is 30.3 Å². The lowest BCUT2D eigenvalue weighted by Crippen LogP contribution is -2.40. The van der Waals surface area contributed by atoms with Crippen LogP contribution in [0.1, 0.15) is 29.2 Å². The molecule has 1 heterocycles. The third kappa shape index (κ3) is 5.51. The molecule has 0 atom stereocenters. The molecule has 0 bridgehead atoms. The van der Waals surface area contributed by atoms with Crippen LogP contribution in [0.2, 0.25) is 0 Å². The van der Waals surface area contributed by atoms with Crippen molar-refractivity contribution in [1.82, 2.24) is 10.2 Å². The van der Waals surface area contributed by atoms with Crippen molar-refractivity contribution in [2.75, 3.05) is 31.7 Å². The van der Waals surface area contributed by atoms with E-state index in [9.17, 15) is 9.59 Å². The molecule has 0 fully saturated rings. The molecule has 0 aliphatic carbocycles. The average Bonchev–Trinajstić information content (AvgIpc) is 3.16. The summed E-state index contributed by atoms with van der Waals surface area (Å²) >= 11 is 0. The summed E-state index contributed by atoms with van der Waals surface area (Å²) in [6.07, 6.45) is 0. The van der Waals surface area contributed by atoms with Crippen molar-refractivity contribution in [3.05, 3.63) is 52.6 Å². The van der Waals surface area contributed by atoms with Gasteiger partial charge in [0.2, 0.25) is 18.6 Å². The van der Waals surface area contributed by atoms with E-state index in [0.717, 1.165) is 39.4 Å². The lowest BCUT2D eigenvalue weighted by Gasteiger charge is -2.20. The molecule has 7 nitrogen and oxygen atoms in total. The Balaban J connectivity index is 1.49. The van der Waals surface area contributed by atoms with Gasteiger partial charge in [0.25, 0.3) is 0 Å². The van der Waals surface area contributed by atoms with Crippen molar-refractivity contribution in [3.8, 4) is 11.5 Å². The molecule has 2 amide bonds. The van der Waals surface area contributed by atoms with Crippen molar-refractivity contribution in [3.63, 3.8) is 0 Å². The molecule has 0 saturated heterocycles. The quantitative estimate of drug-likeness (QED) is 0.698. The van der Waals surface area contributed by atoms with E-state index in [-0.39, 0.29) is 31.7 Å². The lowest BCUT2D eigenvalue weighted by atomic mass is 10.1. The number of amides is 2. The molecule has 0 unspecified atom stereocenters. The minimum Gasteiger partial charge on any atom is -0.454 e. The van der Waals surface area contributed by atoms with Crippen molar-refractivity contribution >= 4 is 17.5 Å². The topological polar surface area (TPSA) is 79.9 Å². The van der Waals surface area contributed by atoms with Gasteiger partial charge in [-0.05, 0) is 56.1 Å². The molecule has 160 valence electrons. The summed E-state index contributed by atoms with van der Waals surface area (Å²) in [6, 6.07) is 9.83. The highest BCUT2D eigenvalue weighted by Gasteiger charge is 2.16. The molecule has 1 aliphatic heterocycles. The predicted molar refractivity (Wildman–Crippen MR) is 116 cm³/mol. The van der Waals surface area contributed by atoms with Gasteiger partial charge in [-0.3, -0.25) is 14.5 Å². The molecular formula is C23H29N3O4. The molecular weight excluding hydrogens is 382 g/mol. The maximum absolute atomic E-state index is 12.3. The molecule has 0 aromatic heterocycles. The second-order valence-electron chi connectivity index (χ2n) is 7.59. The van der Waals surface area contributed by atoms with E-state index < -0.39 is 0 Å². The summed E-state index contributed by atoms with van der Waals surface area (Å²) in [6.45, 7) is 9.64. The highest BCUT2D eigenvalue weighted by molar-refractivity contribution is 5.96. The van der Waals surface area contributed by atoms with Crippen LogP contribution >= 0.6 is 0 Å². The maximum atomic E-state index is 12.3. The molecule has 2 aromatic rings. The van der Waals surface area contributed by atoms with Crippen molar-refractivity contribution in [2.24, 2.45) is 0 Å². The first-order chi connectivity index (χ1) is 14.4. The number of carbonyl (C=O) groups excluding carboxylic acids is 2. The lowest BCUT2D eigenvalue weighted by molar-refractivity contribution is -0.125. The first-order valence-corrected chi connectivity index (χ1v) is 10.1. The smallest absolute Gasteiger partial charge is 0.243 e. The highest BCUT2D eigenvalue weighted by atomic mass is 16.7. The highest BCUT2D eigenvalue weighted by Crippen LogP contribution is 2.32. The number of hydrogen-bond acceptors (Lipinski definition) is 5. The van der Waals surface area contributed by atoms with Crippen molar-refractivity contribution in [2.45, 2.75) is 34.2 Å². The van der Waals surface area contributed by atoms with Crippen LogP contribution in [0.5, 0.6) is 11.5 Å². The number of ether oxygens (including phenoxy) is 2. The largest absolute Gasteiger partial charge is 0.454 e. The Hall–Kier alpha value is -3.06. The van der Waals surface area contributed by atoms with Gasteiger partial charge in [0.1, 0.15) is 0 Å². The van der Waals surface area contributed by atoms with Gasteiger partial charge in [-0.25, -0.2) is 0 Å². The van der Waals surface area contributed by atoms with Crippen molar-refractivity contribution in [1.29, 1.82) is 0 Å². The average molecular weight is 412 g/mol. The number of rotatable bonds is 8. The molecule has 30 heavy (non-hydrogen) atoms. The number of carbonyl (C=O) groups is 2. The molecule has 2 aromatic carbocycles. The molecule has 7 heteroatoms. The van der Waals surface area contributed by atoms with E-state index in [1.165, 1.54) is 0 Å². The number of fused-ring (bicyclic) bond motifs is 1. The Morgan fingerprint density at radius 2 is 1.70 bits per heavy atom. The first kappa shape index (κ1) is 21.6. The van der Waals surface area contributed by atoms with Gasteiger partial charge >= 0.3 is 0 Å². The number of likely N-dealkylation sites (N-methyl/N-ethyl adjacent to an activating group) is 1. The Morgan fingerprint density at radius 3 is 2.40 bits per heavy atom. The first-order valence-electron chi connectivity index (χ1n) is 10.1. The van der Waals surface area contributed by atoms with Crippen LogP contribution in [0.4, 0.5) is 5.69 Å². The summed E-state index contributed by atoms with van der Waals surface area (Å²) in [5.74, 6) is 1.04. The second-order valence-corrected chi connectivity index (χ2v) is 7.59. The predicted octanol–water partition coefficient (Wildman–Crippen LogP) is 2.92. The Bertz CT molecular complexity index is 919. The standard InChI is InChI=1S/C23H29N3O4/c1-5-26(12-18-6-7-19-20(10-18)30-14-29-19)13-22(28)24-11-21(27)25-23-16(3)8-15(2)9-17(23)4/h6-10H,5,11-14H2,1-4H3,(H,24,28)(H,25,27). The van der Waals surface area contributed by atoms with Crippen LogP contribution in [0, 0.1) is 20.8 Å². The fourth-order valence-corrected chi connectivity index (χ4v) is 3.58. The van der Waals surface area contributed by atoms with Crippen LogP contribution < -0.4 is 20.1 Å². The van der Waals surface area contributed by atoms with Gasteiger partial charge in [-0.1, -0.05) is 30.7 Å². The van der Waals surface area contributed by atoms with E-state index in [0.29, 0.717) is 13.1 Å². The normalized spacial score (nSPS) is 12.2. The molecule has 0 saturated carbocycles. The van der Waals surface area contributed by atoms with Gasteiger partial charge in [-0.2, -0.15) is 0 Å². The summed E-state index contributed by atoms with van der Waals surface area (Å²) in [5, 5.41) is 5.61. The van der Waals surface area contributed by atoms with Crippen LogP contribution in [0.25, 0.3) is 0 Å². The number of benzene rings is 2. The van der Waals surface area contributed by atoms with Gasteiger partial charge in [0.15, 0.2) is 11.5 Å². The summed E-state index contributed by atoms with van der Waals surface area (Å²) in [4.78, 5) is 26.6. The third-order valence-corrected chi connectivity index (χ3v) is 5.05. The minimum absolute atomic E-state index is 0.0623. The zero-order valence-electron chi connectivity index (χ0n) is 18.0. The molecule has 3 rings (SSSR count). The summed E-state index contributed by atoms with van der Waals surface area (Å²) < 4.78 is 10.7. The summed E-state index contributed by atoms with van der Waals surface area (Å²) in [5.41, 5.74) is 5.01. The van der Waals surface area contributed by atoms with E-state index in [1.54, 1.807) is 0 Å². The summed E-state index contributed by atoms with van der Waals surface area (Å²) in [7, 11) is 0. The number of nitrogens with zero attached hydrogens (tertiary/aromatic N) is 1. The van der Waals surface area contributed by atoms with Gasteiger partial charge in [0, 0.05) is 12.2 Å². The van der Waals surface area contributed by atoms with Crippen molar-refractivity contribution < 1.29 is 19.1 Å². The fraction of sp³-hybridized carbons (Fsp3) is 0.391. The molecule has 2 N–H and O–H groups in total. The molecule has 0 radical (unpaired) electrons. The third-order valence-electron chi connectivity index (χ3n) is 5.05. The minimum atomic E-state index is -0.239. The zero-order valence-corrected chi connectivity index (χ0v) is 18.0. The maximum Gasteiger partial charge on any atom is 0.243 e. The van der Waals surface area contributed by atoms with Crippen LogP contribution in [0.3, 0.4) is 0 Å². The van der Waals surface area contributed by atoms with E-state index >= 15 is 0 Å². The second kappa shape index (κ2) is 9.63. The van der Waals surface area contributed by atoms with E-state index in [1.807, 2.05) is 62.9 Å². The number of anilines is 1. The fourth-order valence-electron chi connectivity index (χ4n) is 3.58. The zero-order chi connectivity index (χ0) is 21.7. The monoisotopic (exact) mass is 411 g/mol. The SMILES string of the molecule is CCN(CC(=O)NCC(=O)Nc1c(C)cc(C)cc1C)Cc1ccc2c(c1)OCO2. The van der Waals surface area contributed by atoms with Gasteiger partial charge in [-0.15, -0.1) is 0 Å². The van der Waals surface area contributed by atoms with E-state index in [4.69, 9.17) is 9.47 Å². The molecule has 0 spiro atoms.